The lowest BCUT2D eigenvalue weighted by atomic mass is 9.81. The van der Waals surface area contributed by atoms with Crippen LogP contribution in [-0.4, -0.2) is 88.8 Å². The maximum absolute atomic E-state index is 4.72. The number of imidazole rings is 1. The molecule has 19 heteroatoms. The summed E-state index contributed by atoms with van der Waals surface area (Å²) in [5.74, 6) is 7.23. The average Bonchev–Trinajstić information content (AvgIpc) is 1.73. The Balaban J connectivity index is 0.000000675. The van der Waals surface area contributed by atoms with Gasteiger partial charge in [0.25, 0.3) is 5.82 Å². The lowest BCUT2D eigenvalue weighted by Crippen LogP contribution is -2.41. The predicted molar refractivity (Wildman–Crippen MR) is 510 cm³/mol. The molecule has 0 aliphatic carbocycles. The zero-order valence-electron chi connectivity index (χ0n) is 87.4. The minimum Gasteiger partial charge on any atom is -0.334 e. The van der Waals surface area contributed by atoms with Crippen LogP contribution in [0.2, 0.25) is 0 Å². The second-order valence-corrected chi connectivity index (χ2v) is 41.3. The molecule has 0 N–H and O–H groups in total. The van der Waals surface area contributed by atoms with Gasteiger partial charge in [-0.05, 0) is 184 Å². The molecule has 0 aliphatic heterocycles. The zero-order valence-corrected chi connectivity index (χ0v) is 87.4. The van der Waals surface area contributed by atoms with Gasteiger partial charge in [0.05, 0.1) is 70.8 Å². The average molecular weight is 1660 g/mol. The highest BCUT2D eigenvalue weighted by atomic mass is 15.4. The number of aromatic nitrogens is 19. The highest BCUT2D eigenvalue weighted by molar-refractivity contribution is 5.43. The number of nitrogens with zero attached hydrogens (tertiary/aromatic N) is 19. The van der Waals surface area contributed by atoms with Crippen molar-refractivity contribution in [1.29, 1.82) is 0 Å². The Bertz CT molecular complexity index is 4510. The van der Waals surface area contributed by atoms with Crippen molar-refractivity contribution >= 4 is 0 Å². The molecule has 19 nitrogen and oxygen atoms in total. The molecule has 676 valence electrons. The first kappa shape index (κ1) is 110. The van der Waals surface area contributed by atoms with Crippen LogP contribution in [0.4, 0.5) is 0 Å². The van der Waals surface area contributed by atoms with Crippen LogP contribution >= 0.6 is 0 Å². The van der Waals surface area contributed by atoms with Gasteiger partial charge < -0.3 is 9.13 Å². The van der Waals surface area contributed by atoms with Gasteiger partial charge in [0.1, 0.15) is 23.3 Å². The van der Waals surface area contributed by atoms with E-state index in [9.17, 15) is 0 Å². The maximum atomic E-state index is 4.72. The molecule has 0 aliphatic rings. The Morgan fingerprint density at radius 3 is 1.08 bits per heavy atom. The molecular formula is C101H178N19+. The van der Waals surface area contributed by atoms with Gasteiger partial charge in [-0.2, -0.15) is 20.4 Å². The SMILES string of the molecule is CCc1nc(C)c(C(C)(C)C)c(C)c1C.CCc1nc(C)c(C(C)(C)C)c(C)n1.CCc1nc(C)c(C(C)(C)C)n1C.CCc1nc(C)c(C(C)(C)C)nc1C.CCc1nn(C)c(C(C)(C)C)[n+]1C.CCc1nn(C)c(C(C)C)c1C.CCc1nnc(C(C)(C)C)c(C)c1C.CCc1nnc(C(C)(C)C)n1C.CCn1nc(C)c(C(C)(C)C)c1C. The van der Waals surface area contributed by atoms with Crippen molar-refractivity contribution in [3.63, 3.8) is 0 Å². The van der Waals surface area contributed by atoms with E-state index in [-0.39, 0.29) is 43.3 Å². The van der Waals surface area contributed by atoms with E-state index in [1.807, 2.05) is 44.4 Å². The maximum Gasteiger partial charge on any atom is 0.277 e. The fraction of sp³-hybridized carbons (Fsp3) is 0.703. The first-order valence-electron chi connectivity index (χ1n) is 44.9. The molecule has 9 aromatic heterocycles. The Morgan fingerprint density at radius 2 is 0.775 bits per heavy atom. The van der Waals surface area contributed by atoms with Crippen LogP contribution in [0.3, 0.4) is 0 Å². The topological polar surface area (TPSA) is 196 Å². The van der Waals surface area contributed by atoms with Crippen molar-refractivity contribution in [2.24, 2.45) is 35.2 Å². The molecule has 0 aromatic carbocycles. The largest absolute Gasteiger partial charge is 0.334 e. The van der Waals surface area contributed by atoms with Crippen LogP contribution < -0.4 is 4.57 Å². The summed E-state index contributed by atoms with van der Waals surface area (Å²) >= 11 is 0. The van der Waals surface area contributed by atoms with Gasteiger partial charge in [-0.25, -0.2) is 19.5 Å². The van der Waals surface area contributed by atoms with Crippen molar-refractivity contribution in [3.8, 4) is 0 Å². The van der Waals surface area contributed by atoms with Gasteiger partial charge in [0, 0.05) is 126 Å². The summed E-state index contributed by atoms with van der Waals surface area (Å²) in [4.78, 5) is 27.5. The van der Waals surface area contributed by atoms with E-state index in [4.69, 9.17) is 4.98 Å². The van der Waals surface area contributed by atoms with E-state index in [0.717, 1.165) is 127 Å². The predicted octanol–water partition coefficient (Wildman–Crippen LogP) is 23.3. The summed E-state index contributed by atoms with van der Waals surface area (Å²) in [5.41, 5.74) is 31.0. The van der Waals surface area contributed by atoms with Gasteiger partial charge >= 0.3 is 0 Å². The number of aryl methyl sites for hydroxylation is 18. The van der Waals surface area contributed by atoms with Gasteiger partial charge in [-0.1, -0.05) is 235 Å². The summed E-state index contributed by atoms with van der Waals surface area (Å²) in [7, 11) is 10.3. The van der Waals surface area contributed by atoms with E-state index < -0.39 is 0 Å². The number of rotatable bonds is 10. The highest BCUT2D eigenvalue weighted by Crippen LogP contribution is 2.34. The minimum absolute atomic E-state index is 0.0914. The lowest BCUT2D eigenvalue weighted by Gasteiger charge is -2.25. The first-order valence-corrected chi connectivity index (χ1v) is 44.9. The first-order chi connectivity index (χ1) is 54.5. The van der Waals surface area contributed by atoms with Gasteiger partial charge in [0.15, 0.2) is 0 Å². The van der Waals surface area contributed by atoms with Crippen LogP contribution in [0.25, 0.3) is 0 Å². The van der Waals surface area contributed by atoms with E-state index in [1.54, 1.807) is 0 Å². The third kappa shape index (κ3) is 30.4. The van der Waals surface area contributed by atoms with Crippen molar-refractivity contribution < 1.29 is 4.57 Å². The Morgan fingerprint density at radius 1 is 0.317 bits per heavy atom. The van der Waals surface area contributed by atoms with Crippen molar-refractivity contribution in [2.75, 3.05) is 0 Å². The number of hydrogen-bond acceptors (Lipinski definition) is 13. The van der Waals surface area contributed by atoms with Crippen LogP contribution in [0.15, 0.2) is 0 Å². The van der Waals surface area contributed by atoms with Crippen LogP contribution in [0, 0.1) is 90.0 Å². The van der Waals surface area contributed by atoms with Crippen LogP contribution in [0.5, 0.6) is 0 Å². The Labute approximate surface area is 734 Å². The zero-order chi connectivity index (χ0) is 93.9. The van der Waals surface area contributed by atoms with Gasteiger partial charge in [-0.15, -0.1) is 14.9 Å². The highest BCUT2D eigenvalue weighted by Gasteiger charge is 2.32. The Hall–Kier alpha value is -7.70. The van der Waals surface area contributed by atoms with E-state index in [2.05, 4.69) is 412 Å². The summed E-state index contributed by atoms with van der Waals surface area (Å²) in [6, 6.07) is 0. The minimum atomic E-state index is 0.0914. The van der Waals surface area contributed by atoms with Crippen LogP contribution in [-0.2, 0) is 136 Å². The molecule has 0 fully saturated rings. The van der Waals surface area contributed by atoms with Crippen molar-refractivity contribution in [1.82, 2.24) is 88.8 Å². The standard InChI is InChI=1S/C14H23N.3C12H20N2.2C11H20N2.C10H20N3.C10H18N2.C9H17N3/c1-8-12-9(2)10(3)13(11(4)15-12)14(5,6)7;1-7-10-13-8(2)11(9(3)14-10)12(4,5)6;1-7-10-8(2)14-11(9(3)13-10)12(4,5)6;1-7-10-8(2)9(3)11(14-13-10)12(4,5)6;1-7-9-12-8(2)10(13(9)6)11(3,4)5;1-7-13-9(3)10(8(2)12-13)11(4,5)6;1-7-8-11-13(6)9(12(8)5)10(2,3)4;1-6-9-8(4)10(7(2)3)12(5)11-9;1-6-7-10-11-8(12(7)5)9(2,3)4/h8H2,1-7H3;3*7H2,1-6H3;3*7H2,1-6H3;7H,6H2,1-5H3;6H2,1-5H3/q;;;;;;+1;;. The molecule has 0 bridgehead atoms. The molecule has 0 amide bonds. The van der Waals surface area contributed by atoms with Crippen molar-refractivity contribution in [3.05, 3.63) is 171 Å². The molecule has 0 spiro atoms. The lowest BCUT2D eigenvalue weighted by molar-refractivity contribution is -0.690. The second-order valence-electron chi connectivity index (χ2n) is 41.3. The molecule has 0 radical (unpaired) electrons. The molecule has 120 heavy (non-hydrogen) atoms. The molecule has 0 saturated carbocycles. The van der Waals surface area contributed by atoms with E-state index in [1.165, 1.54) is 102 Å². The molecule has 9 aromatic rings. The molecule has 0 saturated heterocycles. The van der Waals surface area contributed by atoms with Gasteiger partial charge in [-0.3, -0.25) is 24.3 Å². The number of hydrogen-bond donors (Lipinski definition) is 0. The molecule has 0 unspecified atom stereocenters. The molecular weight excluding hydrogens is 1480 g/mol. The molecule has 9 rings (SSSR count). The normalized spacial score (nSPS) is 11.9. The fourth-order valence-corrected chi connectivity index (χ4v) is 17.1. The smallest absolute Gasteiger partial charge is 0.277 e. The quantitative estimate of drug-likeness (QED) is 0.117. The summed E-state index contributed by atoms with van der Waals surface area (Å²) < 4.78 is 12.6. The third-order valence-corrected chi connectivity index (χ3v) is 21.9. The third-order valence-electron chi connectivity index (χ3n) is 21.9. The summed E-state index contributed by atoms with van der Waals surface area (Å²) in [5, 5.41) is 30.3. The van der Waals surface area contributed by atoms with E-state index in [0.29, 0.717) is 5.92 Å². The monoisotopic (exact) mass is 1660 g/mol. The summed E-state index contributed by atoms with van der Waals surface area (Å²) in [6.45, 7) is 105. The van der Waals surface area contributed by atoms with Crippen LogP contribution in [0.1, 0.15) is 419 Å². The summed E-state index contributed by atoms with van der Waals surface area (Å²) in [6.07, 6.45) is 7.83. The molecule has 9 heterocycles. The van der Waals surface area contributed by atoms with Crippen molar-refractivity contribution in [2.45, 2.75) is 439 Å². The fourth-order valence-electron chi connectivity index (χ4n) is 17.1. The molecule has 0 atom stereocenters. The second kappa shape index (κ2) is 45.1. The van der Waals surface area contributed by atoms with Gasteiger partial charge in [0.2, 0.25) is 5.82 Å². The Kier molecular flexibility index (Phi) is 41.4. The number of pyridine rings is 1. The van der Waals surface area contributed by atoms with E-state index >= 15 is 0 Å².